The zero-order valence-corrected chi connectivity index (χ0v) is 21.0. The zero-order chi connectivity index (χ0) is 26.0. The number of terminal acetylenes is 1. The number of aliphatic hydroxyl groups excluding tert-OH is 1. The van der Waals surface area contributed by atoms with Gasteiger partial charge in [-0.05, 0) is 36.4 Å². The van der Waals surface area contributed by atoms with Crippen LogP contribution in [0, 0.1) is 12.3 Å². The molecular formula is C29H31N3O5. The van der Waals surface area contributed by atoms with Crippen molar-refractivity contribution in [1.82, 2.24) is 14.7 Å². The fourth-order valence-corrected chi connectivity index (χ4v) is 4.04. The summed E-state index contributed by atoms with van der Waals surface area (Å²) in [5.41, 5.74) is 2.65. The van der Waals surface area contributed by atoms with Gasteiger partial charge in [-0.25, -0.2) is 4.68 Å². The van der Waals surface area contributed by atoms with Crippen molar-refractivity contribution in [3.8, 4) is 41.0 Å². The highest BCUT2D eigenvalue weighted by atomic mass is 16.5. The van der Waals surface area contributed by atoms with E-state index < -0.39 is 6.10 Å². The van der Waals surface area contributed by atoms with Gasteiger partial charge in [-0.3, -0.25) is 4.90 Å². The number of methoxy groups -OCH3 is 1. The highest BCUT2D eigenvalue weighted by Gasteiger charge is 2.24. The zero-order valence-electron chi connectivity index (χ0n) is 21.0. The molecule has 0 saturated carbocycles. The second-order valence-corrected chi connectivity index (χ2v) is 8.52. The topological polar surface area (TPSA) is 82.1 Å². The van der Waals surface area contributed by atoms with Crippen LogP contribution in [0.1, 0.15) is 11.3 Å². The molecule has 0 aliphatic carbocycles. The fraction of sp³-hybridized carbons (Fsp3) is 0.276. The van der Waals surface area contributed by atoms with E-state index in [0.717, 1.165) is 28.3 Å². The summed E-state index contributed by atoms with van der Waals surface area (Å²) in [4.78, 5) is 2.08. The van der Waals surface area contributed by atoms with E-state index in [2.05, 4.69) is 10.8 Å². The molecule has 0 spiro atoms. The van der Waals surface area contributed by atoms with E-state index in [-0.39, 0.29) is 13.2 Å². The lowest BCUT2D eigenvalue weighted by molar-refractivity contribution is 0.0229. The molecule has 0 aliphatic heterocycles. The first kappa shape index (κ1) is 26.0. The standard InChI is InChI=1S/C29H31N3O5/c1-4-16-35-21-23(33)18-32(19-26-11-8-17-36-26)20-27-28(22-9-6-5-7-10-22)30-31(2)29(27)37-25-14-12-24(34-3)13-15-25/h1,5-15,17,23,33H,16,18-21H2,2-3H3/t23-/m0/s1. The van der Waals surface area contributed by atoms with Crippen molar-refractivity contribution < 1.29 is 23.7 Å². The first-order valence-electron chi connectivity index (χ1n) is 11.9. The van der Waals surface area contributed by atoms with E-state index in [1.807, 2.05) is 73.8 Å². The lowest BCUT2D eigenvalue weighted by Gasteiger charge is -2.24. The van der Waals surface area contributed by atoms with Crippen molar-refractivity contribution in [3.05, 3.63) is 84.3 Å². The highest BCUT2D eigenvalue weighted by molar-refractivity contribution is 5.65. The Bertz CT molecular complexity index is 1280. The highest BCUT2D eigenvalue weighted by Crippen LogP contribution is 2.35. The second kappa shape index (κ2) is 12.8. The summed E-state index contributed by atoms with van der Waals surface area (Å²) in [6.07, 6.45) is 6.16. The van der Waals surface area contributed by atoms with Crippen LogP contribution in [0.4, 0.5) is 0 Å². The minimum Gasteiger partial charge on any atom is -0.497 e. The Morgan fingerprint density at radius 2 is 1.81 bits per heavy atom. The summed E-state index contributed by atoms with van der Waals surface area (Å²) in [5.74, 6) is 5.20. The number of nitrogens with zero attached hydrogens (tertiary/aromatic N) is 3. The van der Waals surface area contributed by atoms with E-state index >= 15 is 0 Å². The largest absolute Gasteiger partial charge is 0.497 e. The summed E-state index contributed by atoms with van der Waals surface area (Å²) in [5, 5.41) is 15.5. The molecule has 2 aromatic heterocycles. The summed E-state index contributed by atoms with van der Waals surface area (Å²) in [7, 11) is 3.48. The van der Waals surface area contributed by atoms with Gasteiger partial charge in [0.15, 0.2) is 0 Å². The molecule has 0 fully saturated rings. The Morgan fingerprint density at radius 1 is 1.05 bits per heavy atom. The summed E-state index contributed by atoms with van der Waals surface area (Å²) < 4.78 is 24.3. The van der Waals surface area contributed by atoms with Crippen molar-refractivity contribution in [1.29, 1.82) is 0 Å². The van der Waals surface area contributed by atoms with Crippen LogP contribution in [0.15, 0.2) is 77.4 Å². The number of ether oxygens (including phenoxy) is 3. The molecule has 0 aliphatic rings. The predicted octanol–water partition coefficient (Wildman–Crippen LogP) is 4.49. The molecule has 0 radical (unpaired) electrons. The van der Waals surface area contributed by atoms with Gasteiger partial charge in [-0.15, -0.1) is 6.42 Å². The minimum atomic E-state index is -0.744. The molecule has 0 amide bonds. The summed E-state index contributed by atoms with van der Waals surface area (Å²) >= 11 is 0. The molecular weight excluding hydrogens is 470 g/mol. The van der Waals surface area contributed by atoms with E-state index in [9.17, 15) is 5.11 Å². The van der Waals surface area contributed by atoms with Crippen molar-refractivity contribution in [2.75, 3.05) is 26.9 Å². The number of furan rings is 1. The van der Waals surface area contributed by atoms with Gasteiger partial charge in [0.2, 0.25) is 5.88 Å². The maximum Gasteiger partial charge on any atom is 0.222 e. The third kappa shape index (κ3) is 7.02. The molecule has 8 heteroatoms. The van der Waals surface area contributed by atoms with Gasteiger partial charge < -0.3 is 23.7 Å². The molecule has 4 aromatic rings. The molecule has 8 nitrogen and oxygen atoms in total. The third-order valence-corrected chi connectivity index (χ3v) is 5.71. The number of aromatic nitrogens is 2. The van der Waals surface area contributed by atoms with Crippen LogP contribution in [0.5, 0.6) is 17.4 Å². The van der Waals surface area contributed by atoms with Crippen LogP contribution in [-0.2, 0) is 24.9 Å². The number of rotatable bonds is 13. The van der Waals surface area contributed by atoms with Gasteiger partial charge >= 0.3 is 0 Å². The van der Waals surface area contributed by atoms with Gasteiger partial charge in [0.1, 0.15) is 29.6 Å². The number of hydrogen-bond acceptors (Lipinski definition) is 7. The molecule has 2 heterocycles. The quantitative estimate of drug-likeness (QED) is 0.213. The lowest BCUT2D eigenvalue weighted by atomic mass is 10.1. The molecule has 192 valence electrons. The van der Waals surface area contributed by atoms with Gasteiger partial charge in [-0.1, -0.05) is 36.3 Å². The molecule has 4 rings (SSSR count). The third-order valence-electron chi connectivity index (χ3n) is 5.71. The number of hydrogen-bond donors (Lipinski definition) is 1. The van der Waals surface area contributed by atoms with Crippen LogP contribution < -0.4 is 9.47 Å². The number of aliphatic hydroxyl groups is 1. The minimum absolute atomic E-state index is 0.132. The maximum absolute atomic E-state index is 10.7. The van der Waals surface area contributed by atoms with Gasteiger partial charge in [0.05, 0.1) is 38.2 Å². The Labute approximate surface area is 217 Å². The van der Waals surface area contributed by atoms with E-state index in [0.29, 0.717) is 31.3 Å². The molecule has 37 heavy (non-hydrogen) atoms. The monoisotopic (exact) mass is 501 g/mol. The lowest BCUT2D eigenvalue weighted by Crippen LogP contribution is -2.34. The molecule has 2 aromatic carbocycles. The van der Waals surface area contributed by atoms with Gasteiger partial charge in [0, 0.05) is 25.7 Å². The van der Waals surface area contributed by atoms with E-state index in [4.69, 9.17) is 30.1 Å². The van der Waals surface area contributed by atoms with Crippen LogP contribution in [0.3, 0.4) is 0 Å². The van der Waals surface area contributed by atoms with Crippen LogP contribution >= 0.6 is 0 Å². The van der Waals surface area contributed by atoms with Crippen molar-refractivity contribution in [2.45, 2.75) is 19.2 Å². The van der Waals surface area contributed by atoms with E-state index in [1.54, 1.807) is 18.1 Å². The second-order valence-electron chi connectivity index (χ2n) is 8.52. The van der Waals surface area contributed by atoms with Crippen molar-refractivity contribution >= 4 is 0 Å². The van der Waals surface area contributed by atoms with Crippen LogP contribution in [0.2, 0.25) is 0 Å². The number of benzene rings is 2. The fourth-order valence-electron chi connectivity index (χ4n) is 4.04. The van der Waals surface area contributed by atoms with Crippen molar-refractivity contribution in [3.63, 3.8) is 0 Å². The Hall–Kier alpha value is -4.03. The van der Waals surface area contributed by atoms with Gasteiger partial charge in [-0.2, -0.15) is 5.10 Å². The summed E-state index contributed by atoms with van der Waals surface area (Å²) in [6, 6.07) is 21.1. The molecule has 0 saturated heterocycles. The SMILES string of the molecule is C#CCOC[C@@H](O)CN(Cc1ccco1)Cc1c(-c2ccccc2)nn(C)c1Oc1ccc(OC)cc1. The smallest absolute Gasteiger partial charge is 0.222 e. The van der Waals surface area contributed by atoms with Gasteiger partial charge in [0.25, 0.3) is 0 Å². The summed E-state index contributed by atoms with van der Waals surface area (Å²) in [6.45, 7) is 1.53. The Morgan fingerprint density at radius 3 is 2.49 bits per heavy atom. The Kier molecular flexibility index (Phi) is 9.00. The average Bonchev–Trinajstić information content (AvgIpc) is 3.53. The molecule has 1 N–H and O–H groups in total. The maximum atomic E-state index is 10.7. The van der Waals surface area contributed by atoms with Crippen LogP contribution in [0.25, 0.3) is 11.3 Å². The normalized spacial score (nSPS) is 11.9. The van der Waals surface area contributed by atoms with E-state index in [1.165, 1.54) is 0 Å². The number of aryl methyl sites for hydroxylation is 1. The average molecular weight is 502 g/mol. The molecule has 1 atom stereocenters. The first-order valence-corrected chi connectivity index (χ1v) is 11.9. The van der Waals surface area contributed by atoms with Crippen LogP contribution in [-0.4, -0.2) is 52.8 Å². The first-order chi connectivity index (χ1) is 18.1. The molecule has 0 bridgehead atoms. The molecule has 0 unspecified atom stereocenters. The van der Waals surface area contributed by atoms with Crippen molar-refractivity contribution in [2.24, 2.45) is 7.05 Å². The Balaban J connectivity index is 1.67. The predicted molar refractivity (Wildman–Crippen MR) is 140 cm³/mol.